The number of aryl methyl sites for hydroxylation is 2. The number of carbonyl (C=O) groups excluding carboxylic acids is 4. The number of aromatic carboxylic acids is 1. The molecule has 0 saturated heterocycles. The van der Waals surface area contributed by atoms with Gasteiger partial charge in [0.05, 0.1) is 34.2 Å². The SMILES string of the molecule is CCCC(=O)c1c(C)c(C)c(C(C)CC(=O)C2C(C)=CC(=O)C=C2OC)c(Br)c1O.Cc1cc(C)c(C(=O)Oc2c(C)c(C)c(C(=O)O)c(C)c2-c2cccc(O)c2)c(C)c1C. The van der Waals surface area contributed by atoms with Gasteiger partial charge < -0.3 is 24.8 Å². The number of carboxylic acid groups (broad SMARTS) is 1. The van der Waals surface area contributed by atoms with Gasteiger partial charge in [-0.3, -0.25) is 14.4 Å². The van der Waals surface area contributed by atoms with Crippen molar-refractivity contribution in [2.24, 2.45) is 5.92 Å². The first-order valence-electron chi connectivity index (χ1n) is 20.5. The molecule has 3 N–H and O–H groups in total. The molecule has 0 amide bonds. The quantitative estimate of drug-likeness (QED) is 0.0708. The van der Waals surface area contributed by atoms with Gasteiger partial charge in [-0.15, -0.1) is 0 Å². The second kappa shape index (κ2) is 19.9. The third kappa shape index (κ3) is 9.78. The van der Waals surface area contributed by atoms with Gasteiger partial charge in [-0.05, 0) is 177 Å². The molecule has 2 unspecified atom stereocenters. The lowest BCUT2D eigenvalue weighted by Gasteiger charge is -2.25. The molecule has 1 aliphatic rings. The Morgan fingerprint density at radius 1 is 0.774 bits per heavy atom. The van der Waals surface area contributed by atoms with Crippen LogP contribution in [0.5, 0.6) is 17.2 Å². The molecule has 62 heavy (non-hydrogen) atoms. The largest absolute Gasteiger partial charge is 0.508 e. The first-order chi connectivity index (χ1) is 29.0. The summed E-state index contributed by atoms with van der Waals surface area (Å²) in [5, 5.41) is 30.6. The minimum Gasteiger partial charge on any atom is -0.508 e. The molecule has 4 aromatic carbocycles. The van der Waals surface area contributed by atoms with E-state index in [2.05, 4.69) is 15.9 Å². The van der Waals surface area contributed by atoms with Crippen molar-refractivity contribution in [3.8, 4) is 28.4 Å². The van der Waals surface area contributed by atoms with Crippen molar-refractivity contribution in [1.82, 2.24) is 0 Å². The minimum absolute atomic E-state index is 0.0372. The first kappa shape index (κ1) is 48.9. The highest BCUT2D eigenvalue weighted by Crippen LogP contribution is 2.44. The maximum absolute atomic E-state index is 13.4. The molecule has 328 valence electrons. The normalized spacial score (nSPS) is 14.0. The van der Waals surface area contributed by atoms with E-state index in [1.807, 2.05) is 61.5 Å². The zero-order valence-corrected chi connectivity index (χ0v) is 39.5. The summed E-state index contributed by atoms with van der Waals surface area (Å²) in [6.45, 7) is 22.2. The predicted molar refractivity (Wildman–Crippen MR) is 245 cm³/mol. The third-order valence-electron chi connectivity index (χ3n) is 12.1. The zero-order chi connectivity index (χ0) is 46.7. The number of phenols is 2. The standard InChI is InChI=1S/C27H28O5.C24H29BrO5/c1-13-11-14(2)22(16(4)15(13)3)27(31)32-25-18(6)17(5)23(26(29)30)19(7)24(25)20-9-8-10-21(28)12-20;1-7-8-17(27)22-15(5)14(4)20(23(25)24(22)29)13(3)10-18(28)21-12(2)9-16(26)11-19(21)30-6/h8-12,28H,1-7H3,(H,29,30);9,11,13,21,29H,7-8,10H2,1-6H3. The van der Waals surface area contributed by atoms with Crippen LogP contribution in [0.15, 0.2) is 58.3 Å². The number of hydrogen-bond donors (Lipinski definition) is 3. The summed E-state index contributed by atoms with van der Waals surface area (Å²) >= 11 is 3.46. The molecule has 5 rings (SSSR count). The summed E-state index contributed by atoms with van der Waals surface area (Å²) in [6.07, 6.45) is 4.08. The average Bonchev–Trinajstić information content (AvgIpc) is 3.18. The molecule has 0 aliphatic heterocycles. The highest BCUT2D eigenvalue weighted by Gasteiger charge is 2.33. The molecular formula is C51H57BrO10. The van der Waals surface area contributed by atoms with E-state index in [1.165, 1.54) is 31.4 Å². The number of benzene rings is 4. The molecule has 0 spiro atoms. The fourth-order valence-corrected chi connectivity index (χ4v) is 9.36. The number of phenolic OH excluding ortho intramolecular Hbond substituents is 2. The second-order valence-electron chi connectivity index (χ2n) is 16.3. The first-order valence-corrected chi connectivity index (χ1v) is 21.3. The van der Waals surface area contributed by atoms with Crippen molar-refractivity contribution in [2.45, 2.75) is 108 Å². The van der Waals surface area contributed by atoms with Crippen molar-refractivity contribution >= 4 is 45.2 Å². The fourth-order valence-electron chi connectivity index (χ4n) is 8.48. The van der Waals surface area contributed by atoms with Gasteiger partial charge in [0.2, 0.25) is 0 Å². The lowest BCUT2D eigenvalue weighted by atomic mass is 9.81. The highest BCUT2D eigenvalue weighted by atomic mass is 79.9. The van der Waals surface area contributed by atoms with Gasteiger partial charge in [0.25, 0.3) is 0 Å². The van der Waals surface area contributed by atoms with E-state index >= 15 is 0 Å². The van der Waals surface area contributed by atoms with Crippen molar-refractivity contribution < 1.29 is 48.8 Å². The van der Waals surface area contributed by atoms with Crippen molar-refractivity contribution in [3.05, 3.63) is 131 Å². The minimum atomic E-state index is -1.05. The maximum Gasteiger partial charge on any atom is 0.344 e. The number of carbonyl (C=O) groups is 5. The Morgan fingerprint density at radius 2 is 1.39 bits per heavy atom. The molecule has 2 atom stereocenters. The van der Waals surface area contributed by atoms with Crippen LogP contribution < -0.4 is 4.74 Å². The van der Waals surface area contributed by atoms with Crippen molar-refractivity contribution in [2.75, 3.05) is 7.11 Å². The van der Waals surface area contributed by atoms with E-state index in [4.69, 9.17) is 9.47 Å². The molecule has 0 heterocycles. The Bertz CT molecular complexity index is 2550. The molecule has 0 bridgehead atoms. The monoisotopic (exact) mass is 908 g/mol. The zero-order valence-electron chi connectivity index (χ0n) is 37.9. The topological polar surface area (TPSA) is 164 Å². The molecule has 11 heteroatoms. The molecule has 0 aromatic heterocycles. The number of ether oxygens (including phenoxy) is 2. The maximum atomic E-state index is 13.4. The van der Waals surface area contributed by atoms with Gasteiger partial charge in [0.1, 0.15) is 28.8 Å². The van der Waals surface area contributed by atoms with Crippen LogP contribution in [0.1, 0.15) is 133 Å². The number of rotatable bonds is 12. The summed E-state index contributed by atoms with van der Waals surface area (Å²) in [4.78, 5) is 62.7. The Kier molecular flexibility index (Phi) is 15.7. The number of hydrogen-bond acceptors (Lipinski definition) is 9. The van der Waals surface area contributed by atoms with E-state index in [0.717, 1.165) is 38.9 Å². The number of methoxy groups -OCH3 is 1. The van der Waals surface area contributed by atoms with Crippen LogP contribution >= 0.6 is 15.9 Å². The number of carboxylic acids is 1. The summed E-state index contributed by atoms with van der Waals surface area (Å²) < 4.78 is 11.7. The molecule has 1 aliphatic carbocycles. The predicted octanol–water partition coefficient (Wildman–Crippen LogP) is 11.6. The van der Waals surface area contributed by atoms with Gasteiger partial charge in [0, 0.05) is 24.5 Å². The number of esters is 1. The van der Waals surface area contributed by atoms with Crippen LogP contribution in [0, 0.1) is 68.2 Å². The van der Waals surface area contributed by atoms with Gasteiger partial charge in [-0.2, -0.15) is 0 Å². The Morgan fingerprint density at radius 3 is 1.97 bits per heavy atom. The van der Waals surface area contributed by atoms with Crippen LogP contribution in [0.25, 0.3) is 11.1 Å². The fraction of sp³-hybridized carbons (Fsp3) is 0.353. The number of allylic oxidation sites excluding steroid dienone is 3. The summed E-state index contributed by atoms with van der Waals surface area (Å²) in [7, 11) is 1.45. The van der Waals surface area contributed by atoms with E-state index in [1.54, 1.807) is 39.8 Å². The van der Waals surface area contributed by atoms with Crippen molar-refractivity contribution in [1.29, 1.82) is 0 Å². The van der Waals surface area contributed by atoms with E-state index in [0.29, 0.717) is 73.3 Å². The highest BCUT2D eigenvalue weighted by molar-refractivity contribution is 9.10. The Labute approximate surface area is 372 Å². The molecule has 0 fully saturated rings. The molecular weight excluding hydrogens is 852 g/mol. The van der Waals surface area contributed by atoms with Gasteiger partial charge in [-0.25, -0.2) is 9.59 Å². The van der Waals surface area contributed by atoms with Crippen LogP contribution in [-0.4, -0.2) is 51.7 Å². The number of halogens is 1. The van der Waals surface area contributed by atoms with Crippen LogP contribution in [0.2, 0.25) is 0 Å². The molecule has 0 saturated carbocycles. The van der Waals surface area contributed by atoms with E-state index in [9.17, 15) is 39.3 Å². The van der Waals surface area contributed by atoms with Gasteiger partial charge in [0.15, 0.2) is 11.6 Å². The Hall–Kier alpha value is -5.81. The summed E-state index contributed by atoms with van der Waals surface area (Å²) in [6, 6.07) is 8.46. The lowest BCUT2D eigenvalue weighted by molar-refractivity contribution is -0.122. The second-order valence-corrected chi connectivity index (χ2v) is 17.0. The smallest absolute Gasteiger partial charge is 0.344 e. The van der Waals surface area contributed by atoms with E-state index in [-0.39, 0.29) is 46.8 Å². The molecule has 10 nitrogen and oxygen atoms in total. The summed E-state index contributed by atoms with van der Waals surface area (Å²) in [5.74, 6) is -2.06. The lowest BCUT2D eigenvalue weighted by Crippen LogP contribution is -2.24. The Balaban J connectivity index is 0.000000273. The van der Waals surface area contributed by atoms with Gasteiger partial charge in [-0.1, -0.05) is 37.6 Å². The molecule has 0 radical (unpaired) electrons. The average molecular weight is 910 g/mol. The van der Waals surface area contributed by atoms with Gasteiger partial charge >= 0.3 is 11.9 Å². The van der Waals surface area contributed by atoms with Crippen LogP contribution in [-0.2, 0) is 14.3 Å². The third-order valence-corrected chi connectivity index (χ3v) is 12.9. The number of ketones is 3. The number of Topliss-reactive ketones (excluding diaryl/α,β-unsaturated/α-hetero) is 2. The van der Waals surface area contributed by atoms with E-state index < -0.39 is 17.9 Å². The molecule has 4 aromatic rings. The van der Waals surface area contributed by atoms with Crippen LogP contribution in [0.3, 0.4) is 0 Å². The summed E-state index contributed by atoms with van der Waals surface area (Å²) in [5.41, 5.74) is 10.6. The van der Waals surface area contributed by atoms with Crippen molar-refractivity contribution in [3.63, 3.8) is 0 Å². The van der Waals surface area contributed by atoms with Crippen LogP contribution in [0.4, 0.5) is 0 Å². The number of aromatic hydroxyl groups is 2.